The number of anilines is 3. The molecular formula is C39H29N3O. The van der Waals surface area contributed by atoms with Crippen molar-refractivity contribution in [2.75, 3.05) is 4.90 Å². The number of amides is 1. The molecule has 206 valence electrons. The van der Waals surface area contributed by atoms with Gasteiger partial charge in [-0.25, -0.2) is 5.84 Å². The fourth-order valence-corrected chi connectivity index (χ4v) is 6.00. The number of fused-ring (bicyclic) bond motifs is 2. The lowest BCUT2D eigenvalue weighted by molar-refractivity contribution is 0.0953. The van der Waals surface area contributed by atoms with Gasteiger partial charge in [0.2, 0.25) is 0 Å². The molecule has 43 heavy (non-hydrogen) atoms. The third-order valence-corrected chi connectivity index (χ3v) is 7.94. The first-order chi connectivity index (χ1) is 21.2. The van der Waals surface area contributed by atoms with E-state index in [1.807, 2.05) is 30.3 Å². The molecule has 0 fully saturated rings. The smallest absolute Gasteiger partial charge is 0.265 e. The molecule has 3 N–H and O–H groups in total. The van der Waals surface area contributed by atoms with Gasteiger partial charge in [-0.3, -0.25) is 10.2 Å². The maximum atomic E-state index is 12.0. The Bertz CT molecular complexity index is 2000. The van der Waals surface area contributed by atoms with E-state index < -0.39 is 0 Å². The number of para-hydroxylation sites is 1. The van der Waals surface area contributed by atoms with Gasteiger partial charge in [0.25, 0.3) is 5.91 Å². The highest BCUT2D eigenvalue weighted by atomic mass is 16.2. The monoisotopic (exact) mass is 555 g/mol. The summed E-state index contributed by atoms with van der Waals surface area (Å²) < 4.78 is 0. The highest BCUT2D eigenvalue weighted by molar-refractivity contribution is 6.21. The summed E-state index contributed by atoms with van der Waals surface area (Å²) in [5, 5.41) is 4.92. The maximum absolute atomic E-state index is 12.0. The molecule has 4 heteroatoms. The average molecular weight is 556 g/mol. The molecule has 0 aliphatic carbocycles. The van der Waals surface area contributed by atoms with Gasteiger partial charge in [-0.2, -0.15) is 0 Å². The molecule has 0 saturated heterocycles. The van der Waals surface area contributed by atoms with Crippen LogP contribution in [0.15, 0.2) is 158 Å². The van der Waals surface area contributed by atoms with Crippen LogP contribution in [0, 0.1) is 0 Å². The van der Waals surface area contributed by atoms with Crippen molar-refractivity contribution in [1.82, 2.24) is 5.43 Å². The van der Waals surface area contributed by atoms with Gasteiger partial charge in [-0.05, 0) is 92.3 Å². The van der Waals surface area contributed by atoms with Crippen molar-refractivity contribution in [3.8, 4) is 22.3 Å². The average Bonchev–Trinajstić information content (AvgIpc) is 3.08. The van der Waals surface area contributed by atoms with E-state index in [1.54, 1.807) is 12.1 Å². The zero-order valence-corrected chi connectivity index (χ0v) is 23.4. The van der Waals surface area contributed by atoms with Crippen LogP contribution in [0.5, 0.6) is 0 Å². The predicted octanol–water partition coefficient (Wildman–Crippen LogP) is 9.40. The van der Waals surface area contributed by atoms with E-state index in [4.69, 9.17) is 5.84 Å². The van der Waals surface area contributed by atoms with Crippen molar-refractivity contribution in [2.45, 2.75) is 0 Å². The van der Waals surface area contributed by atoms with Crippen molar-refractivity contribution >= 4 is 44.5 Å². The molecule has 0 spiro atoms. The van der Waals surface area contributed by atoms with E-state index in [1.165, 1.54) is 38.2 Å². The van der Waals surface area contributed by atoms with Crippen LogP contribution in [0.2, 0.25) is 0 Å². The Hall–Kier alpha value is -5.71. The van der Waals surface area contributed by atoms with Crippen molar-refractivity contribution in [3.05, 3.63) is 163 Å². The van der Waals surface area contributed by atoms with E-state index in [2.05, 4.69) is 126 Å². The van der Waals surface area contributed by atoms with Gasteiger partial charge in [0.05, 0.1) is 0 Å². The number of carbonyl (C=O) groups excluding carboxylic acids is 1. The number of hydrogen-bond acceptors (Lipinski definition) is 3. The number of benzene rings is 7. The predicted molar refractivity (Wildman–Crippen MR) is 179 cm³/mol. The van der Waals surface area contributed by atoms with Gasteiger partial charge in [0.15, 0.2) is 0 Å². The summed E-state index contributed by atoms with van der Waals surface area (Å²) in [6.45, 7) is 0. The van der Waals surface area contributed by atoms with Gasteiger partial charge in [-0.15, -0.1) is 0 Å². The number of nitrogens with zero attached hydrogens (tertiary/aromatic N) is 1. The first kappa shape index (κ1) is 26.2. The maximum Gasteiger partial charge on any atom is 0.265 e. The Kier molecular flexibility index (Phi) is 6.88. The lowest BCUT2D eigenvalue weighted by Crippen LogP contribution is -2.29. The van der Waals surface area contributed by atoms with Crippen LogP contribution in [0.1, 0.15) is 10.4 Å². The molecule has 1 amide bonds. The third kappa shape index (κ3) is 4.80. The van der Waals surface area contributed by atoms with Crippen molar-refractivity contribution in [1.29, 1.82) is 0 Å². The Morgan fingerprint density at radius 1 is 0.442 bits per heavy atom. The zero-order valence-electron chi connectivity index (χ0n) is 23.4. The Morgan fingerprint density at radius 3 is 1.28 bits per heavy atom. The first-order valence-electron chi connectivity index (χ1n) is 14.3. The summed E-state index contributed by atoms with van der Waals surface area (Å²) in [5.41, 5.74) is 10.5. The second kappa shape index (κ2) is 11.3. The zero-order chi connectivity index (χ0) is 29.2. The molecule has 0 heterocycles. The fraction of sp³-hybridized carbons (Fsp3) is 0. The van der Waals surface area contributed by atoms with Gasteiger partial charge < -0.3 is 4.90 Å². The SMILES string of the molecule is NNC(=O)c1ccc(N(c2ccccc2)c2ccc(-c3c4ccccc4c(-c4ccccc4)c4ccccc34)cc2)cc1. The van der Waals surface area contributed by atoms with E-state index in [0.29, 0.717) is 5.56 Å². The normalized spacial score (nSPS) is 11.0. The molecule has 0 aliphatic heterocycles. The standard InChI is InChI=1S/C39H29N3O/c40-41-39(43)29-21-25-32(26-22-29)42(30-13-5-2-6-14-30)31-23-19-28(20-24-31)38-35-17-9-7-15-33(35)37(27-11-3-1-4-12-27)34-16-8-10-18-36(34)38/h1-26H,40H2,(H,41,43). The van der Waals surface area contributed by atoms with Gasteiger partial charge in [-0.1, -0.05) is 109 Å². The van der Waals surface area contributed by atoms with Crippen molar-refractivity contribution in [2.24, 2.45) is 5.84 Å². The fourth-order valence-electron chi connectivity index (χ4n) is 6.00. The summed E-state index contributed by atoms with van der Waals surface area (Å²) in [6.07, 6.45) is 0. The number of nitrogens with two attached hydrogens (primary N) is 1. The van der Waals surface area contributed by atoms with Crippen LogP contribution >= 0.6 is 0 Å². The summed E-state index contributed by atoms with van der Waals surface area (Å²) in [6, 6.07) is 54.5. The van der Waals surface area contributed by atoms with Gasteiger partial charge >= 0.3 is 0 Å². The summed E-state index contributed by atoms with van der Waals surface area (Å²) in [5.74, 6) is 5.02. The number of hydrogen-bond donors (Lipinski definition) is 2. The number of carbonyl (C=O) groups is 1. The van der Waals surface area contributed by atoms with E-state index >= 15 is 0 Å². The Balaban J connectivity index is 1.38. The molecule has 0 saturated carbocycles. The van der Waals surface area contributed by atoms with Gasteiger partial charge in [0, 0.05) is 22.6 Å². The Labute approximate surface area is 250 Å². The molecule has 0 aromatic heterocycles. The number of nitrogens with one attached hydrogen (secondary N) is 1. The molecule has 0 unspecified atom stereocenters. The summed E-state index contributed by atoms with van der Waals surface area (Å²) >= 11 is 0. The molecule has 0 bridgehead atoms. The van der Waals surface area contributed by atoms with Crippen LogP contribution < -0.4 is 16.2 Å². The topological polar surface area (TPSA) is 58.4 Å². The highest BCUT2D eigenvalue weighted by Crippen LogP contribution is 2.44. The molecule has 0 aliphatic rings. The van der Waals surface area contributed by atoms with Crippen LogP contribution in [-0.4, -0.2) is 5.91 Å². The lowest BCUT2D eigenvalue weighted by Gasteiger charge is -2.26. The van der Waals surface area contributed by atoms with Crippen LogP contribution in [0.25, 0.3) is 43.8 Å². The lowest BCUT2D eigenvalue weighted by atomic mass is 9.86. The first-order valence-corrected chi connectivity index (χ1v) is 14.3. The number of hydrazine groups is 1. The minimum atomic E-state index is -0.320. The largest absolute Gasteiger partial charge is 0.311 e. The molecule has 7 rings (SSSR count). The minimum absolute atomic E-state index is 0.320. The number of rotatable bonds is 6. The molecule has 4 nitrogen and oxygen atoms in total. The number of nitrogen functional groups attached to an aromatic ring is 1. The Morgan fingerprint density at radius 2 is 0.814 bits per heavy atom. The van der Waals surface area contributed by atoms with E-state index in [0.717, 1.165) is 22.6 Å². The molecule has 0 atom stereocenters. The van der Waals surface area contributed by atoms with Gasteiger partial charge in [0.1, 0.15) is 0 Å². The van der Waals surface area contributed by atoms with E-state index in [9.17, 15) is 4.79 Å². The molecule has 7 aromatic carbocycles. The van der Waals surface area contributed by atoms with Crippen molar-refractivity contribution in [3.63, 3.8) is 0 Å². The quantitative estimate of drug-likeness (QED) is 0.0930. The second-order valence-electron chi connectivity index (χ2n) is 10.4. The molecule has 7 aromatic rings. The van der Waals surface area contributed by atoms with Crippen LogP contribution in [0.3, 0.4) is 0 Å². The minimum Gasteiger partial charge on any atom is -0.311 e. The second-order valence-corrected chi connectivity index (χ2v) is 10.4. The molecule has 0 radical (unpaired) electrons. The summed E-state index contributed by atoms with van der Waals surface area (Å²) in [7, 11) is 0. The van der Waals surface area contributed by atoms with Crippen molar-refractivity contribution < 1.29 is 4.79 Å². The van der Waals surface area contributed by atoms with Crippen LogP contribution in [-0.2, 0) is 0 Å². The van der Waals surface area contributed by atoms with E-state index in [-0.39, 0.29) is 5.91 Å². The summed E-state index contributed by atoms with van der Waals surface area (Å²) in [4.78, 5) is 14.2. The van der Waals surface area contributed by atoms with Crippen LogP contribution in [0.4, 0.5) is 17.1 Å². The highest BCUT2D eigenvalue weighted by Gasteiger charge is 2.18. The third-order valence-electron chi connectivity index (χ3n) is 7.94. The molecular weight excluding hydrogens is 526 g/mol.